The highest BCUT2D eigenvalue weighted by Crippen LogP contribution is 2.22. The third kappa shape index (κ3) is 22.8. The van der Waals surface area contributed by atoms with Gasteiger partial charge in [-0.1, -0.05) is 155 Å². The molecule has 0 aliphatic carbocycles. The average molecular weight is 645 g/mol. The first-order valence-electron chi connectivity index (χ1n) is 18.3. The normalized spacial score (nSPS) is 19.0. The number of aliphatic hydroxyl groups is 2. The smallest absolute Gasteiger partial charge is 0.162 e. The number of hydrogen-bond donors (Lipinski definition) is 2. The standard InChI is InChI=1S/C36H68O5S2/c1-3-5-7-9-11-13-15-17-19-21-23-25-27-33(42)39-30-32(36-35(38)31(37)29-40-36)41-34(43)28-26-24-22-20-18-16-14-12-10-8-6-4-2/h31-32,35-38H,3-30H2,1-2H3/t31-,32+,35-,36-/m0/s1. The zero-order valence-corrected chi connectivity index (χ0v) is 29.7. The van der Waals surface area contributed by atoms with Gasteiger partial charge in [-0.2, -0.15) is 0 Å². The van der Waals surface area contributed by atoms with Crippen molar-refractivity contribution in [3.63, 3.8) is 0 Å². The number of unbranched alkanes of at least 4 members (excludes halogenated alkanes) is 22. The van der Waals surface area contributed by atoms with Crippen molar-refractivity contribution in [2.75, 3.05) is 13.2 Å². The van der Waals surface area contributed by atoms with Crippen molar-refractivity contribution in [3.05, 3.63) is 0 Å². The van der Waals surface area contributed by atoms with E-state index in [-0.39, 0.29) is 13.2 Å². The molecule has 1 fully saturated rings. The van der Waals surface area contributed by atoms with E-state index in [0.29, 0.717) is 16.5 Å². The lowest BCUT2D eigenvalue weighted by Gasteiger charge is -2.27. The summed E-state index contributed by atoms with van der Waals surface area (Å²) in [5.74, 6) is 0. The van der Waals surface area contributed by atoms with Gasteiger partial charge in [0.2, 0.25) is 0 Å². The zero-order chi connectivity index (χ0) is 31.4. The largest absolute Gasteiger partial charge is 0.483 e. The Morgan fingerprint density at radius 1 is 0.605 bits per heavy atom. The molecule has 1 heterocycles. The topological polar surface area (TPSA) is 68.2 Å². The van der Waals surface area contributed by atoms with Crippen LogP contribution in [0.2, 0.25) is 0 Å². The summed E-state index contributed by atoms with van der Waals surface area (Å²) >= 11 is 11.0. The Balaban J connectivity index is 2.17. The van der Waals surface area contributed by atoms with Gasteiger partial charge in [-0.05, 0) is 37.3 Å². The third-order valence-electron chi connectivity index (χ3n) is 8.72. The fraction of sp³-hybridized carbons (Fsp3) is 0.944. The quantitative estimate of drug-likeness (QED) is 0.0596. The molecular formula is C36H68O5S2. The molecule has 254 valence electrons. The zero-order valence-electron chi connectivity index (χ0n) is 28.0. The second kappa shape index (κ2) is 29.1. The van der Waals surface area contributed by atoms with Crippen molar-refractivity contribution in [2.45, 2.75) is 205 Å². The fourth-order valence-electron chi connectivity index (χ4n) is 5.84. The highest BCUT2D eigenvalue weighted by Gasteiger charge is 2.41. The maximum atomic E-state index is 10.4. The lowest BCUT2D eigenvalue weighted by molar-refractivity contribution is -0.0600. The molecule has 0 aromatic heterocycles. The number of hydrogen-bond acceptors (Lipinski definition) is 7. The second-order valence-corrected chi connectivity index (χ2v) is 13.8. The van der Waals surface area contributed by atoms with Crippen LogP contribution < -0.4 is 0 Å². The van der Waals surface area contributed by atoms with E-state index in [0.717, 1.165) is 25.7 Å². The van der Waals surface area contributed by atoms with E-state index in [2.05, 4.69) is 13.8 Å². The SMILES string of the molecule is CCCCCCCCCCCCCCC(=S)OC[C@@H](OC(=S)CCCCCCCCCCCCCC)[C@@H]1OC[C@H](O)[C@@H]1O. The van der Waals surface area contributed by atoms with Crippen LogP contribution in [0.5, 0.6) is 0 Å². The molecule has 5 nitrogen and oxygen atoms in total. The van der Waals surface area contributed by atoms with Gasteiger partial charge in [0.05, 0.1) is 6.61 Å². The number of rotatable bonds is 30. The summed E-state index contributed by atoms with van der Waals surface area (Å²) in [4.78, 5) is 0. The van der Waals surface area contributed by atoms with Crippen LogP contribution in [0.15, 0.2) is 0 Å². The minimum Gasteiger partial charge on any atom is -0.483 e. The minimum absolute atomic E-state index is 0.0838. The van der Waals surface area contributed by atoms with Crippen molar-refractivity contribution in [1.82, 2.24) is 0 Å². The van der Waals surface area contributed by atoms with Crippen LogP contribution in [0.3, 0.4) is 0 Å². The van der Waals surface area contributed by atoms with Gasteiger partial charge in [0.25, 0.3) is 0 Å². The van der Waals surface area contributed by atoms with Gasteiger partial charge in [0, 0.05) is 12.8 Å². The fourth-order valence-corrected chi connectivity index (χ4v) is 6.32. The lowest BCUT2D eigenvalue weighted by atomic mass is 10.0. The Morgan fingerprint density at radius 2 is 0.977 bits per heavy atom. The summed E-state index contributed by atoms with van der Waals surface area (Å²) in [6.45, 7) is 4.79. The monoisotopic (exact) mass is 644 g/mol. The highest BCUT2D eigenvalue weighted by molar-refractivity contribution is 7.80. The van der Waals surface area contributed by atoms with Crippen molar-refractivity contribution in [2.24, 2.45) is 0 Å². The number of ether oxygens (including phenoxy) is 3. The molecule has 0 aromatic rings. The van der Waals surface area contributed by atoms with Crippen LogP contribution in [0.4, 0.5) is 0 Å². The van der Waals surface area contributed by atoms with E-state index >= 15 is 0 Å². The summed E-state index contributed by atoms with van der Waals surface area (Å²) in [6, 6.07) is 0. The van der Waals surface area contributed by atoms with Gasteiger partial charge in [0.1, 0.15) is 24.9 Å². The molecule has 0 unspecified atom stereocenters. The van der Waals surface area contributed by atoms with Gasteiger partial charge < -0.3 is 24.4 Å². The Morgan fingerprint density at radius 3 is 1.35 bits per heavy atom. The number of aliphatic hydroxyl groups excluding tert-OH is 2. The van der Waals surface area contributed by atoms with Crippen LogP contribution in [0.25, 0.3) is 0 Å². The molecule has 1 rings (SSSR count). The van der Waals surface area contributed by atoms with Crippen molar-refractivity contribution in [3.8, 4) is 0 Å². The molecule has 43 heavy (non-hydrogen) atoms. The van der Waals surface area contributed by atoms with Crippen LogP contribution in [0, 0.1) is 0 Å². The Kier molecular flexibility index (Phi) is 27.5. The first-order valence-corrected chi connectivity index (χ1v) is 19.1. The van der Waals surface area contributed by atoms with Gasteiger partial charge in [-0.25, -0.2) is 0 Å². The first kappa shape index (κ1) is 40.7. The third-order valence-corrected chi connectivity index (χ3v) is 9.34. The molecule has 0 saturated carbocycles. The van der Waals surface area contributed by atoms with Crippen molar-refractivity contribution >= 4 is 34.5 Å². The average Bonchev–Trinajstić information content (AvgIpc) is 3.33. The molecule has 7 heteroatoms. The van der Waals surface area contributed by atoms with E-state index in [1.54, 1.807) is 0 Å². The first-order chi connectivity index (χ1) is 21.0. The Bertz CT molecular complexity index is 662. The second-order valence-electron chi connectivity index (χ2n) is 12.8. The van der Waals surface area contributed by atoms with Gasteiger partial charge in [-0.15, -0.1) is 0 Å². The Labute approximate surface area is 276 Å². The summed E-state index contributed by atoms with van der Waals surface area (Å²) in [6.07, 6.45) is 29.5. The van der Waals surface area contributed by atoms with E-state index in [9.17, 15) is 10.2 Å². The predicted octanol–water partition coefficient (Wildman–Crippen LogP) is 10.3. The minimum atomic E-state index is -1.02. The molecule has 1 aliphatic rings. The molecule has 4 atom stereocenters. The molecule has 1 saturated heterocycles. The summed E-state index contributed by atoms with van der Waals surface area (Å²) < 4.78 is 17.6. The summed E-state index contributed by atoms with van der Waals surface area (Å²) in [5.41, 5.74) is 0. The van der Waals surface area contributed by atoms with Gasteiger partial charge >= 0.3 is 0 Å². The van der Waals surface area contributed by atoms with Gasteiger partial charge in [0.15, 0.2) is 16.2 Å². The maximum absolute atomic E-state index is 10.4. The van der Waals surface area contributed by atoms with E-state index in [4.69, 9.17) is 38.6 Å². The number of thiocarbonyl (C=S) groups is 2. The molecule has 0 aromatic carbocycles. The van der Waals surface area contributed by atoms with Crippen LogP contribution >= 0.6 is 24.4 Å². The van der Waals surface area contributed by atoms with E-state index < -0.39 is 24.4 Å². The Hall–Kier alpha value is -0.340. The predicted molar refractivity (Wildman–Crippen MR) is 189 cm³/mol. The van der Waals surface area contributed by atoms with Crippen LogP contribution in [-0.4, -0.2) is 57.9 Å². The molecule has 0 radical (unpaired) electrons. The molecular weight excluding hydrogens is 577 g/mol. The maximum Gasteiger partial charge on any atom is 0.162 e. The molecule has 0 amide bonds. The molecule has 1 aliphatic heterocycles. The lowest BCUT2D eigenvalue weighted by Crippen LogP contribution is -2.43. The molecule has 2 N–H and O–H groups in total. The summed E-state index contributed by atoms with van der Waals surface area (Å²) in [5, 5.41) is 21.5. The van der Waals surface area contributed by atoms with Crippen LogP contribution in [0.1, 0.15) is 181 Å². The van der Waals surface area contributed by atoms with Crippen LogP contribution in [-0.2, 0) is 14.2 Å². The highest BCUT2D eigenvalue weighted by atomic mass is 32.1. The van der Waals surface area contributed by atoms with E-state index in [1.165, 1.54) is 135 Å². The molecule has 0 spiro atoms. The van der Waals surface area contributed by atoms with Crippen molar-refractivity contribution < 1.29 is 24.4 Å². The summed E-state index contributed by atoms with van der Waals surface area (Å²) in [7, 11) is 0. The van der Waals surface area contributed by atoms with Crippen molar-refractivity contribution in [1.29, 1.82) is 0 Å². The van der Waals surface area contributed by atoms with Gasteiger partial charge in [-0.3, -0.25) is 0 Å². The molecule has 0 bridgehead atoms. The van der Waals surface area contributed by atoms with E-state index in [1.807, 2.05) is 0 Å².